The number of hydrogen-bond donors (Lipinski definition) is 0. The van der Waals surface area contributed by atoms with Crippen molar-refractivity contribution in [2.24, 2.45) is 0 Å². The highest BCUT2D eigenvalue weighted by atomic mass is 32.1. The average molecular weight is 844 g/mol. The first-order valence-corrected chi connectivity index (χ1v) is 22.8. The Kier molecular flexibility index (Phi) is 8.71. The minimum atomic E-state index is 0.646. The van der Waals surface area contributed by atoms with Crippen molar-refractivity contribution in [3.63, 3.8) is 0 Å². The molecule has 0 aliphatic carbocycles. The molecule has 65 heavy (non-hydrogen) atoms. The average Bonchev–Trinajstić information content (AvgIpc) is 3.77. The van der Waals surface area contributed by atoms with E-state index in [1.165, 1.54) is 75.1 Å². The van der Waals surface area contributed by atoms with Crippen molar-refractivity contribution in [3.05, 3.63) is 224 Å². The summed E-state index contributed by atoms with van der Waals surface area (Å²) in [6.45, 7) is 0. The fourth-order valence-corrected chi connectivity index (χ4v) is 11.4. The summed E-state index contributed by atoms with van der Waals surface area (Å²) in [6.07, 6.45) is 0. The molecule has 0 radical (unpaired) electrons. The van der Waals surface area contributed by atoms with Crippen molar-refractivity contribution >= 4 is 74.6 Å². The predicted molar refractivity (Wildman–Crippen MR) is 275 cm³/mol. The normalized spacial score (nSPS) is 11.7. The Morgan fingerprint density at radius 1 is 0.246 bits per heavy atom. The van der Waals surface area contributed by atoms with Crippen molar-refractivity contribution in [2.75, 3.05) is 0 Å². The summed E-state index contributed by atoms with van der Waals surface area (Å²) >= 11 is 1.89. The lowest BCUT2D eigenvalue weighted by Crippen LogP contribution is -2.01. The van der Waals surface area contributed by atoms with E-state index in [1.807, 2.05) is 47.7 Å². The zero-order valence-corrected chi connectivity index (χ0v) is 35.9. The third-order valence-corrected chi connectivity index (χ3v) is 14.1. The standard InChI is InChI=1S/C61H37N3S/c1-4-20-38(21-5-1)53-41-26-10-12-28-43(41)55(44-29-13-11-27-42(44)53)50-35-18-36-51-56-49(34-19-37-52(56)65-58(50)51)54-45-30-14-16-32-47(45)57(48-33-17-15-31-46(48)54)61-63-59(39-22-6-2-7-23-39)62-60(64-61)40-24-8-3-9-25-40/h1-37H. The van der Waals surface area contributed by atoms with Crippen LogP contribution in [0.1, 0.15) is 0 Å². The molecule has 13 rings (SSSR count). The Morgan fingerprint density at radius 2 is 0.600 bits per heavy atom. The number of aromatic nitrogens is 3. The molecule has 0 atom stereocenters. The van der Waals surface area contributed by atoms with Gasteiger partial charge in [-0.15, -0.1) is 11.3 Å². The number of hydrogen-bond acceptors (Lipinski definition) is 4. The van der Waals surface area contributed by atoms with Crippen molar-refractivity contribution in [1.82, 2.24) is 15.0 Å². The minimum absolute atomic E-state index is 0.646. The molecular weight excluding hydrogens is 807 g/mol. The molecule has 0 fully saturated rings. The van der Waals surface area contributed by atoms with Gasteiger partial charge in [-0.05, 0) is 77.0 Å². The molecular formula is C61H37N3S. The second-order valence-electron chi connectivity index (χ2n) is 16.5. The second-order valence-corrected chi connectivity index (χ2v) is 17.6. The highest BCUT2D eigenvalue weighted by Crippen LogP contribution is 2.51. The third kappa shape index (κ3) is 5.99. The number of rotatable bonds is 6. The van der Waals surface area contributed by atoms with Gasteiger partial charge >= 0.3 is 0 Å². The van der Waals surface area contributed by atoms with Gasteiger partial charge in [0.05, 0.1) is 0 Å². The molecule has 0 N–H and O–H groups in total. The van der Waals surface area contributed by atoms with Crippen molar-refractivity contribution < 1.29 is 0 Å². The quantitative estimate of drug-likeness (QED) is 0.157. The summed E-state index contributed by atoms with van der Waals surface area (Å²) in [5.41, 5.74) is 10.3. The van der Waals surface area contributed by atoms with Crippen LogP contribution in [0.25, 0.3) is 131 Å². The fourth-order valence-electron chi connectivity index (χ4n) is 10.2. The van der Waals surface area contributed by atoms with E-state index in [1.54, 1.807) is 0 Å². The van der Waals surface area contributed by atoms with Gasteiger partial charge in [0.25, 0.3) is 0 Å². The Hall–Kier alpha value is -8.31. The highest BCUT2D eigenvalue weighted by Gasteiger charge is 2.24. The molecule has 0 amide bonds. The second kappa shape index (κ2) is 15.2. The maximum atomic E-state index is 5.27. The molecule has 3 nitrogen and oxygen atoms in total. The first kappa shape index (κ1) is 37.3. The lowest BCUT2D eigenvalue weighted by atomic mass is 9.85. The summed E-state index contributed by atoms with van der Waals surface area (Å²) in [6, 6.07) is 80.5. The van der Waals surface area contributed by atoms with E-state index in [0.717, 1.165) is 38.2 Å². The maximum Gasteiger partial charge on any atom is 0.165 e. The largest absolute Gasteiger partial charge is 0.208 e. The van der Waals surface area contributed by atoms with Gasteiger partial charge in [-0.3, -0.25) is 0 Å². The Morgan fingerprint density at radius 3 is 1.09 bits per heavy atom. The Labute approximate surface area is 379 Å². The molecule has 0 unspecified atom stereocenters. The lowest BCUT2D eigenvalue weighted by molar-refractivity contribution is 1.08. The van der Waals surface area contributed by atoms with Gasteiger partial charge in [0, 0.05) is 42.4 Å². The van der Waals surface area contributed by atoms with Crippen LogP contribution in [-0.2, 0) is 0 Å². The van der Waals surface area contributed by atoms with Crippen LogP contribution >= 0.6 is 11.3 Å². The SMILES string of the molecule is c1ccc(-c2nc(-c3ccccc3)nc(-c3c4ccccc4c(-c4cccc5sc6c(-c7c8ccccc8c(-c8ccccc8)c8ccccc78)cccc6c45)c4ccccc34)n2)cc1. The summed E-state index contributed by atoms with van der Waals surface area (Å²) in [5.74, 6) is 1.94. The lowest BCUT2D eigenvalue weighted by Gasteiger charge is -2.18. The number of benzene rings is 11. The molecule has 0 bridgehead atoms. The highest BCUT2D eigenvalue weighted by molar-refractivity contribution is 7.26. The molecule has 0 saturated carbocycles. The number of thiophene rings is 1. The summed E-state index contributed by atoms with van der Waals surface area (Å²) in [4.78, 5) is 15.6. The molecule has 2 aromatic heterocycles. The molecule has 4 heteroatoms. The van der Waals surface area contributed by atoms with Crippen LogP contribution in [0.2, 0.25) is 0 Å². The van der Waals surface area contributed by atoms with Crippen LogP contribution in [0, 0.1) is 0 Å². The molecule has 302 valence electrons. The van der Waals surface area contributed by atoms with Gasteiger partial charge in [0.1, 0.15) is 0 Å². The van der Waals surface area contributed by atoms with E-state index < -0.39 is 0 Å². The van der Waals surface area contributed by atoms with Crippen LogP contribution in [0.3, 0.4) is 0 Å². The summed E-state index contributed by atoms with van der Waals surface area (Å²) in [5, 5.41) is 12.1. The van der Waals surface area contributed by atoms with Gasteiger partial charge in [-0.25, -0.2) is 15.0 Å². The van der Waals surface area contributed by atoms with E-state index in [0.29, 0.717) is 17.5 Å². The van der Waals surface area contributed by atoms with Crippen LogP contribution in [0.15, 0.2) is 224 Å². The third-order valence-electron chi connectivity index (χ3n) is 12.9. The van der Waals surface area contributed by atoms with Crippen LogP contribution in [0.4, 0.5) is 0 Å². The Balaban J connectivity index is 1.08. The van der Waals surface area contributed by atoms with Gasteiger partial charge < -0.3 is 0 Å². The van der Waals surface area contributed by atoms with Gasteiger partial charge in [-0.2, -0.15) is 0 Å². The van der Waals surface area contributed by atoms with E-state index >= 15 is 0 Å². The van der Waals surface area contributed by atoms with E-state index in [9.17, 15) is 0 Å². The van der Waals surface area contributed by atoms with Crippen LogP contribution in [0.5, 0.6) is 0 Å². The van der Waals surface area contributed by atoms with E-state index in [2.05, 4.69) is 188 Å². The van der Waals surface area contributed by atoms with Crippen molar-refractivity contribution in [2.45, 2.75) is 0 Å². The van der Waals surface area contributed by atoms with Gasteiger partial charge in [0.15, 0.2) is 17.5 Å². The minimum Gasteiger partial charge on any atom is -0.208 e. The van der Waals surface area contributed by atoms with Crippen molar-refractivity contribution in [1.29, 1.82) is 0 Å². The number of fused-ring (bicyclic) bond motifs is 7. The fraction of sp³-hybridized carbons (Fsp3) is 0. The zero-order chi connectivity index (χ0) is 42.8. The van der Waals surface area contributed by atoms with Gasteiger partial charge in [0.2, 0.25) is 0 Å². The molecule has 0 aliphatic heterocycles. The first-order valence-electron chi connectivity index (χ1n) is 22.0. The molecule has 0 spiro atoms. The topological polar surface area (TPSA) is 38.7 Å². The molecule has 0 saturated heterocycles. The summed E-state index contributed by atoms with van der Waals surface area (Å²) in [7, 11) is 0. The zero-order valence-electron chi connectivity index (χ0n) is 35.1. The Bertz CT molecular complexity index is 3820. The summed E-state index contributed by atoms with van der Waals surface area (Å²) < 4.78 is 2.55. The smallest absolute Gasteiger partial charge is 0.165 e. The van der Waals surface area contributed by atoms with Crippen molar-refractivity contribution in [3.8, 4) is 67.5 Å². The monoisotopic (exact) mass is 843 g/mol. The molecule has 2 heterocycles. The van der Waals surface area contributed by atoms with E-state index in [-0.39, 0.29) is 0 Å². The van der Waals surface area contributed by atoms with E-state index in [4.69, 9.17) is 15.0 Å². The van der Waals surface area contributed by atoms with Crippen LogP contribution in [-0.4, -0.2) is 15.0 Å². The maximum absolute atomic E-state index is 5.27. The van der Waals surface area contributed by atoms with Gasteiger partial charge in [-0.1, -0.05) is 218 Å². The molecule has 11 aromatic carbocycles. The molecule has 0 aliphatic rings. The molecule has 13 aromatic rings. The first-order chi connectivity index (χ1) is 32.3. The van der Waals surface area contributed by atoms with Crippen LogP contribution < -0.4 is 0 Å². The number of nitrogens with zero attached hydrogens (tertiary/aromatic N) is 3. The predicted octanol–water partition coefficient (Wildman–Crippen LogP) is 16.9.